The molecule has 0 aromatic carbocycles. The lowest BCUT2D eigenvalue weighted by Crippen LogP contribution is -2.39. The minimum atomic E-state index is -0.335. The number of hydrogen-bond acceptors (Lipinski definition) is 2. The number of amides is 1. The third-order valence-electron chi connectivity index (χ3n) is 2.66. The maximum absolute atomic E-state index is 11.8. The number of hydrogen-bond donors (Lipinski definition) is 0. The first-order valence-electron chi connectivity index (χ1n) is 5.26. The molecule has 0 bridgehead atoms. The normalized spacial score (nSPS) is 21.8. The molecule has 1 saturated heterocycles. The number of carbonyl (C=O) groups excluding carboxylic acids is 1. The summed E-state index contributed by atoms with van der Waals surface area (Å²) in [6, 6.07) is 0. The van der Waals surface area contributed by atoms with E-state index in [1.807, 2.05) is 11.8 Å². The predicted molar refractivity (Wildman–Crippen MR) is 58.6 cm³/mol. The second kappa shape index (κ2) is 5.56. The van der Waals surface area contributed by atoms with Crippen molar-refractivity contribution in [1.29, 1.82) is 0 Å². The molecule has 0 saturated carbocycles. The lowest BCUT2D eigenvalue weighted by atomic mass is 10.3. The Labute approximate surface area is 91.0 Å². The highest BCUT2D eigenvalue weighted by atomic mass is 35.5. The lowest BCUT2D eigenvalue weighted by Gasteiger charge is -2.22. The third kappa shape index (κ3) is 3.14. The Morgan fingerprint density at radius 3 is 2.71 bits per heavy atom. The fourth-order valence-electron chi connectivity index (χ4n) is 1.64. The van der Waals surface area contributed by atoms with Gasteiger partial charge in [-0.05, 0) is 26.4 Å². The van der Waals surface area contributed by atoms with E-state index < -0.39 is 0 Å². The van der Waals surface area contributed by atoms with Crippen molar-refractivity contribution in [2.75, 3.05) is 33.2 Å². The highest BCUT2D eigenvalue weighted by molar-refractivity contribution is 6.30. The van der Waals surface area contributed by atoms with Crippen LogP contribution in [0, 0.1) is 0 Å². The van der Waals surface area contributed by atoms with Crippen molar-refractivity contribution in [2.24, 2.45) is 0 Å². The Bertz CT molecular complexity index is 199. The molecule has 1 aliphatic heterocycles. The van der Waals surface area contributed by atoms with Crippen LogP contribution in [0.25, 0.3) is 0 Å². The molecule has 3 nitrogen and oxygen atoms in total. The predicted octanol–water partition coefficient (Wildman–Crippen LogP) is 1.17. The minimum absolute atomic E-state index is 0.101. The third-order valence-corrected chi connectivity index (χ3v) is 3.15. The molecule has 1 fully saturated rings. The van der Waals surface area contributed by atoms with Crippen LogP contribution in [-0.4, -0.2) is 54.3 Å². The second-order valence-corrected chi connectivity index (χ2v) is 4.38. The van der Waals surface area contributed by atoms with Gasteiger partial charge < -0.3 is 9.80 Å². The average molecular weight is 219 g/mol. The van der Waals surface area contributed by atoms with E-state index in [1.54, 1.807) is 0 Å². The van der Waals surface area contributed by atoms with Crippen LogP contribution in [-0.2, 0) is 4.79 Å². The van der Waals surface area contributed by atoms with Crippen LogP contribution in [0.2, 0.25) is 0 Å². The van der Waals surface area contributed by atoms with Gasteiger partial charge >= 0.3 is 0 Å². The summed E-state index contributed by atoms with van der Waals surface area (Å²) in [7, 11) is 2.09. The summed E-state index contributed by atoms with van der Waals surface area (Å²) < 4.78 is 0. The zero-order valence-corrected chi connectivity index (χ0v) is 9.76. The van der Waals surface area contributed by atoms with Crippen molar-refractivity contribution in [3.8, 4) is 0 Å². The quantitative estimate of drug-likeness (QED) is 0.650. The molecule has 0 N–H and O–H groups in total. The standard InChI is InChI=1S/C10H19ClN2O/c1-3-9(11)10(14)13-6-4-5-12(2)7-8-13/h9H,3-8H2,1-2H3/t9-/m1/s1. The molecule has 1 heterocycles. The van der Waals surface area contributed by atoms with E-state index in [1.165, 1.54) is 0 Å². The van der Waals surface area contributed by atoms with E-state index in [2.05, 4.69) is 11.9 Å². The maximum atomic E-state index is 11.8. The summed E-state index contributed by atoms with van der Waals surface area (Å²) >= 11 is 5.93. The average Bonchev–Trinajstić information content (AvgIpc) is 2.40. The van der Waals surface area contributed by atoms with Crippen LogP contribution >= 0.6 is 11.6 Å². The van der Waals surface area contributed by atoms with E-state index in [-0.39, 0.29) is 11.3 Å². The Morgan fingerprint density at radius 2 is 2.07 bits per heavy atom. The highest BCUT2D eigenvalue weighted by Crippen LogP contribution is 2.09. The minimum Gasteiger partial charge on any atom is -0.340 e. The Balaban J connectivity index is 2.47. The van der Waals surface area contributed by atoms with Gasteiger partial charge in [0.2, 0.25) is 5.91 Å². The fraction of sp³-hybridized carbons (Fsp3) is 0.900. The van der Waals surface area contributed by atoms with Crippen molar-refractivity contribution in [3.63, 3.8) is 0 Å². The molecule has 1 rings (SSSR count). The second-order valence-electron chi connectivity index (χ2n) is 3.86. The summed E-state index contributed by atoms with van der Waals surface area (Å²) in [5, 5.41) is -0.335. The smallest absolute Gasteiger partial charge is 0.240 e. The summed E-state index contributed by atoms with van der Waals surface area (Å²) in [5.41, 5.74) is 0. The molecular formula is C10H19ClN2O. The van der Waals surface area contributed by atoms with Gasteiger partial charge in [-0.3, -0.25) is 4.79 Å². The van der Waals surface area contributed by atoms with Gasteiger partial charge in [-0.15, -0.1) is 11.6 Å². The topological polar surface area (TPSA) is 23.6 Å². The summed E-state index contributed by atoms with van der Waals surface area (Å²) in [5.74, 6) is 0.101. The highest BCUT2D eigenvalue weighted by Gasteiger charge is 2.22. The molecule has 14 heavy (non-hydrogen) atoms. The van der Waals surface area contributed by atoms with Gasteiger partial charge in [0.15, 0.2) is 0 Å². The lowest BCUT2D eigenvalue weighted by molar-refractivity contribution is -0.130. The van der Waals surface area contributed by atoms with E-state index in [9.17, 15) is 4.79 Å². The summed E-state index contributed by atoms with van der Waals surface area (Å²) in [6.07, 6.45) is 1.77. The Kier molecular flexibility index (Phi) is 4.69. The molecule has 0 aliphatic carbocycles. The van der Waals surface area contributed by atoms with Crippen LogP contribution in [0.3, 0.4) is 0 Å². The number of likely N-dealkylation sites (N-methyl/N-ethyl adjacent to an activating group) is 1. The first kappa shape index (κ1) is 11.8. The van der Waals surface area contributed by atoms with E-state index in [4.69, 9.17) is 11.6 Å². The number of carbonyl (C=O) groups is 1. The maximum Gasteiger partial charge on any atom is 0.240 e. The number of halogens is 1. The summed E-state index contributed by atoms with van der Waals surface area (Å²) in [6.45, 7) is 5.65. The molecule has 82 valence electrons. The van der Waals surface area contributed by atoms with E-state index in [0.717, 1.165) is 32.6 Å². The molecule has 0 radical (unpaired) electrons. The van der Waals surface area contributed by atoms with Gasteiger partial charge in [-0.1, -0.05) is 6.92 Å². The zero-order valence-electron chi connectivity index (χ0n) is 9.00. The molecule has 1 atom stereocenters. The van der Waals surface area contributed by atoms with Crippen LogP contribution in [0.5, 0.6) is 0 Å². The Morgan fingerprint density at radius 1 is 1.36 bits per heavy atom. The first-order chi connectivity index (χ1) is 6.65. The summed E-state index contributed by atoms with van der Waals surface area (Å²) in [4.78, 5) is 15.9. The molecular weight excluding hydrogens is 200 g/mol. The van der Waals surface area contributed by atoms with Crippen LogP contribution in [0.1, 0.15) is 19.8 Å². The molecule has 0 unspecified atom stereocenters. The molecule has 4 heteroatoms. The van der Waals surface area contributed by atoms with Crippen molar-refractivity contribution in [2.45, 2.75) is 25.1 Å². The van der Waals surface area contributed by atoms with Crippen LogP contribution in [0.4, 0.5) is 0 Å². The molecule has 0 aromatic rings. The molecule has 1 amide bonds. The largest absolute Gasteiger partial charge is 0.340 e. The van der Waals surface area contributed by atoms with Gasteiger partial charge in [0, 0.05) is 19.6 Å². The van der Waals surface area contributed by atoms with Crippen molar-refractivity contribution in [1.82, 2.24) is 9.80 Å². The number of rotatable bonds is 2. The van der Waals surface area contributed by atoms with Crippen molar-refractivity contribution >= 4 is 17.5 Å². The fourth-order valence-corrected chi connectivity index (χ4v) is 1.78. The SMILES string of the molecule is CC[C@@H](Cl)C(=O)N1CCCN(C)CC1. The van der Waals surface area contributed by atoms with Gasteiger partial charge in [0.25, 0.3) is 0 Å². The van der Waals surface area contributed by atoms with Crippen LogP contribution < -0.4 is 0 Å². The first-order valence-corrected chi connectivity index (χ1v) is 5.70. The molecule has 0 aromatic heterocycles. The molecule has 0 spiro atoms. The van der Waals surface area contributed by atoms with Crippen molar-refractivity contribution in [3.05, 3.63) is 0 Å². The Hall–Kier alpha value is -0.280. The van der Waals surface area contributed by atoms with Crippen molar-refractivity contribution < 1.29 is 4.79 Å². The molecule has 1 aliphatic rings. The van der Waals surface area contributed by atoms with Gasteiger partial charge in [-0.25, -0.2) is 0 Å². The monoisotopic (exact) mass is 218 g/mol. The van der Waals surface area contributed by atoms with E-state index >= 15 is 0 Å². The van der Waals surface area contributed by atoms with Crippen LogP contribution in [0.15, 0.2) is 0 Å². The number of nitrogens with zero attached hydrogens (tertiary/aromatic N) is 2. The van der Waals surface area contributed by atoms with Gasteiger partial charge in [0.05, 0.1) is 0 Å². The van der Waals surface area contributed by atoms with Gasteiger partial charge in [-0.2, -0.15) is 0 Å². The zero-order chi connectivity index (χ0) is 10.6. The van der Waals surface area contributed by atoms with E-state index in [0.29, 0.717) is 6.42 Å². The van der Waals surface area contributed by atoms with Gasteiger partial charge in [0.1, 0.15) is 5.38 Å². The number of alkyl halides is 1.